The highest BCUT2D eigenvalue weighted by molar-refractivity contribution is 7.09. The molecule has 1 heterocycles. The molecule has 3 aromatic rings. The number of thiazole rings is 1. The molecule has 0 aliphatic heterocycles. The molecule has 1 aromatic heterocycles. The van der Waals surface area contributed by atoms with E-state index in [-0.39, 0.29) is 5.91 Å². The van der Waals surface area contributed by atoms with E-state index in [1.807, 2.05) is 12.1 Å². The monoisotopic (exact) mass is 380 g/mol. The van der Waals surface area contributed by atoms with Crippen LogP contribution in [0.15, 0.2) is 47.5 Å². The summed E-state index contributed by atoms with van der Waals surface area (Å²) in [6.07, 6.45) is 0. The summed E-state index contributed by atoms with van der Waals surface area (Å²) in [7, 11) is 1.56. The van der Waals surface area contributed by atoms with Crippen molar-refractivity contribution in [2.24, 2.45) is 4.99 Å². The fourth-order valence-electron chi connectivity index (χ4n) is 3.12. The zero-order valence-corrected chi connectivity index (χ0v) is 17.2. The predicted octanol–water partition coefficient (Wildman–Crippen LogP) is 4.91. The lowest BCUT2D eigenvalue weighted by molar-refractivity contribution is 0.0995. The Kier molecular flexibility index (Phi) is 5.61. The molecule has 0 saturated carbocycles. The summed E-state index contributed by atoms with van der Waals surface area (Å²) in [5, 5.41) is 0. The van der Waals surface area contributed by atoms with Gasteiger partial charge in [-0.2, -0.15) is 4.99 Å². The standard InChI is InChI=1S/C22H24N2O2S/c1-6-24-20(17-12-11-14(2)15(3)13-17)16(4)27-22(24)23-21(25)18-9-7-8-10-19(18)26-5/h7-13H,6H2,1-5H3. The molecule has 0 N–H and O–H groups in total. The average molecular weight is 381 g/mol. The normalized spacial score (nSPS) is 11.7. The van der Waals surface area contributed by atoms with Crippen molar-refractivity contribution in [3.05, 3.63) is 68.8 Å². The van der Waals surface area contributed by atoms with Crippen molar-refractivity contribution in [1.82, 2.24) is 4.57 Å². The van der Waals surface area contributed by atoms with Crippen molar-refractivity contribution < 1.29 is 9.53 Å². The lowest BCUT2D eigenvalue weighted by Crippen LogP contribution is -2.17. The van der Waals surface area contributed by atoms with Gasteiger partial charge in [-0.05, 0) is 62.6 Å². The number of aromatic nitrogens is 1. The van der Waals surface area contributed by atoms with E-state index in [0.29, 0.717) is 16.1 Å². The van der Waals surface area contributed by atoms with Crippen molar-refractivity contribution in [1.29, 1.82) is 0 Å². The van der Waals surface area contributed by atoms with Crippen LogP contribution >= 0.6 is 11.3 Å². The molecule has 2 aromatic carbocycles. The molecular formula is C22H24N2O2S. The van der Waals surface area contributed by atoms with E-state index >= 15 is 0 Å². The van der Waals surface area contributed by atoms with Crippen LogP contribution in [0.1, 0.15) is 33.3 Å². The Bertz CT molecular complexity index is 1060. The highest BCUT2D eigenvalue weighted by Gasteiger charge is 2.15. The third-order valence-corrected chi connectivity index (χ3v) is 5.70. The summed E-state index contributed by atoms with van der Waals surface area (Å²) >= 11 is 1.54. The number of rotatable bonds is 4. The molecule has 0 bridgehead atoms. The number of aryl methyl sites for hydroxylation is 3. The topological polar surface area (TPSA) is 43.6 Å². The van der Waals surface area contributed by atoms with E-state index in [2.05, 4.69) is 55.5 Å². The molecule has 1 amide bonds. The van der Waals surface area contributed by atoms with Gasteiger partial charge in [0.25, 0.3) is 5.91 Å². The van der Waals surface area contributed by atoms with Crippen molar-refractivity contribution in [2.75, 3.05) is 7.11 Å². The van der Waals surface area contributed by atoms with E-state index in [1.165, 1.54) is 11.1 Å². The second kappa shape index (κ2) is 7.92. The summed E-state index contributed by atoms with van der Waals surface area (Å²) in [5.41, 5.74) is 5.27. The molecular weight excluding hydrogens is 356 g/mol. The molecule has 5 heteroatoms. The maximum absolute atomic E-state index is 12.8. The van der Waals surface area contributed by atoms with E-state index in [9.17, 15) is 4.79 Å². The molecule has 0 aliphatic rings. The molecule has 0 atom stereocenters. The minimum Gasteiger partial charge on any atom is -0.496 e. The van der Waals surface area contributed by atoms with Crippen LogP contribution in [0.3, 0.4) is 0 Å². The highest BCUT2D eigenvalue weighted by Crippen LogP contribution is 2.27. The SMILES string of the molecule is CCn1c(-c2ccc(C)c(C)c2)c(C)sc1=NC(=O)c1ccccc1OC. The molecule has 27 heavy (non-hydrogen) atoms. The van der Waals surface area contributed by atoms with Crippen molar-refractivity contribution in [3.63, 3.8) is 0 Å². The summed E-state index contributed by atoms with van der Waals surface area (Å²) in [6, 6.07) is 13.6. The fraction of sp³-hybridized carbons (Fsp3) is 0.273. The number of para-hydroxylation sites is 1. The summed E-state index contributed by atoms with van der Waals surface area (Å²) in [4.78, 5) is 19.0. The lowest BCUT2D eigenvalue weighted by atomic mass is 10.0. The van der Waals surface area contributed by atoms with Crippen LogP contribution in [-0.4, -0.2) is 17.6 Å². The quantitative estimate of drug-likeness (QED) is 0.645. The number of hydrogen-bond acceptors (Lipinski definition) is 3. The van der Waals surface area contributed by atoms with E-state index in [4.69, 9.17) is 4.74 Å². The third kappa shape index (κ3) is 3.74. The van der Waals surface area contributed by atoms with Gasteiger partial charge in [-0.15, -0.1) is 11.3 Å². The summed E-state index contributed by atoms with van der Waals surface area (Å²) < 4.78 is 7.41. The maximum Gasteiger partial charge on any atom is 0.283 e. The Labute approximate surface area is 163 Å². The Morgan fingerprint density at radius 2 is 1.85 bits per heavy atom. The second-order valence-electron chi connectivity index (χ2n) is 6.45. The molecule has 4 nitrogen and oxygen atoms in total. The van der Waals surface area contributed by atoms with E-state index in [0.717, 1.165) is 22.7 Å². The first-order valence-corrected chi connectivity index (χ1v) is 9.77. The fourth-order valence-corrected chi connectivity index (χ4v) is 4.18. The Morgan fingerprint density at radius 1 is 1.11 bits per heavy atom. The van der Waals surface area contributed by atoms with Gasteiger partial charge in [0.05, 0.1) is 18.4 Å². The zero-order chi connectivity index (χ0) is 19.6. The van der Waals surface area contributed by atoms with Crippen LogP contribution in [-0.2, 0) is 6.54 Å². The first kappa shape index (κ1) is 19.1. The van der Waals surface area contributed by atoms with Gasteiger partial charge in [-0.1, -0.05) is 24.3 Å². The van der Waals surface area contributed by atoms with Crippen molar-refractivity contribution in [3.8, 4) is 17.0 Å². The van der Waals surface area contributed by atoms with Crippen LogP contribution in [0.25, 0.3) is 11.3 Å². The number of carbonyl (C=O) groups excluding carboxylic acids is 1. The van der Waals surface area contributed by atoms with Gasteiger partial charge in [0, 0.05) is 11.4 Å². The van der Waals surface area contributed by atoms with Crippen LogP contribution in [0, 0.1) is 20.8 Å². The second-order valence-corrected chi connectivity index (χ2v) is 7.63. The number of amides is 1. The molecule has 140 valence electrons. The van der Waals surface area contributed by atoms with Gasteiger partial charge in [-0.25, -0.2) is 0 Å². The number of methoxy groups -OCH3 is 1. The average Bonchev–Trinajstić information content (AvgIpc) is 2.98. The Hall–Kier alpha value is -2.66. The third-order valence-electron chi connectivity index (χ3n) is 4.71. The number of ether oxygens (including phenoxy) is 1. The van der Waals surface area contributed by atoms with Gasteiger partial charge in [0.1, 0.15) is 5.75 Å². The first-order chi connectivity index (χ1) is 13.0. The van der Waals surface area contributed by atoms with Gasteiger partial charge < -0.3 is 9.30 Å². The highest BCUT2D eigenvalue weighted by atomic mass is 32.1. The Balaban J connectivity index is 2.13. The van der Waals surface area contributed by atoms with Gasteiger partial charge in [0.15, 0.2) is 4.80 Å². The number of benzene rings is 2. The lowest BCUT2D eigenvalue weighted by Gasteiger charge is -2.10. The van der Waals surface area contributed by atoms with E-state index < -0.39 is 0 Å². The van der Waals surface area contributed by atoms with Crippen LogP contribution in [0.4, 0.5) is 0 Å². The number of carbonyl (C=O) groups is 1. The smallest absolute Gasteiger partial charge is 0.283 e. The van der Waals surface area contributed by atoms with Crippen molar-refractivity contribution in [2.45, 2.75) is 34.2 Å². The largest absolute Gasteiger partial charge is 0.496 e. The van der Waals surface area contributed by atoms with Gasteiger partial charge >= 0.3 is 0 Å². The molecule has 0 aliphatic carbocycles. The zero-order valence-electron chi connectivity index (χ0n) is 16.4. The number of nitrogens with zero attached hydrogens (tertiary/aromatic N) is 2. The molecule has 0 spiro atoms. The van der Waals surface area contributed by atoms with Crippen LogP contribution in [0.5, 0.6) is 5.75 Å². The molecule has 0 fully saturated rings. The van der Waals surface area contributed by atoms with Crippen LogP contribution in [0.2, 0.25) is 0 Å². The van der Waals surface area contributed by atoms with Crippen molar-refractivity contribution >= 4 is 17.2 Å². The van der Waals surface area contributed by atoms with Gasteiger partial charge in [-0.3, -0.25) is 4.79 Å². The predicted molar refractivity (Wildman–Crippen MR) is 111 cm³/mol. The number of hydrogen-bond donors (Lipinski definition) is 0. The minimum absolute atomic E-state index is 0.289. The molecule has 0 unspecified atom stereocenters. The summed E-state index contributed by atoms with van der Waals surface area (Å²) in [6.45, 7) is 9.12. The first-order valence-electron chi connectivity index (χ1n) is 8.96. The van der Waals surface area contributed by atoms with E-state index in [1.54, 1.807) is 30.6 Å². The Morgan fingerprint density at radius 3 is 2.52 bits per heavy atom. The minimum atomic E-state index is -0.289. The molecule has 0 saturated heterocycles. The van der Waals surface area contributed by atoms with Crippen LogP contribution < -0.4 is 9.54 Å². The molecule has 3 rings (SSSR count). The van der Waals surface area contributed by atoms with Gasteiger partial charge in [0.2, 0.25) is 0 Å². The molecule has 0 radical (unpaired) electrons. The summed E-state index contributed by atoms with van der Waals surface area (Å²) in [5.74, 6) is 0.250. The maximum atomic E-state index is 12.8.